The number of hydrogen-bond acceptors (Lipinski definition) is 6. The highest BCUT2D eigenvalue weighted by molar-refractivity contribution is 6.06. The van der Waals surface area contributed by atoms with Crippen molar-refractivity contribution < 1.29 is 23.9 Å². The number of esters is 2. The minimum Gasteiger partial charge on any atom is -0.469 e. The van der Waals surface area contributed by atoms with Gasteiger partial charge in [0.25, 0.3) is 0 Å². The van der Waals surface area contributed by atoms with Crippen LogP contribution in [0.3, 0.4) is 0 Å². The van der Waals surface area contributed by atoms with Crippen LogP contribution < -0.4 is 4.90 Å². The Morgan fingerprint density at radius 2 is 2.00 bits per heavy atom. The molecular formula is C17H19NO5. The number of Topliss-reactive ketones (excluding diaryl/α,β-unsaturated/α-hetero) is 1. The summed E-state index contributed by atoms with van der Waals surface area (Å²) in [5, 5.41) is 0. The lowest BCUT2D eigenvalue weighted by Gasteiger charge is -2.34. The number of ketones is 1. The van der Waals surface area contributed by atoms with E-state index in [2.05, 4.69) is 9.47 Å². The third-order valence-electron chi connectivity index (χ3n) is 3.74. The Hall–Kier alpha value is -2.63. The van der Waals surface area contributed by atoms with Gasteiger partial charge in [-0.25, -0.2) is 4.79 Å². The molecule has 1 aromatic rings. The fourth-order valence-electron chi connectivity index (χ4n) is 2.58. The molecule has 0 unspecified atom stereocenters. The molecule has 1 aliphatic heterocycles. The van der Waals surface area contributed by atoms with Gasteiger partial charge in [0.05, 0.1) is 26.6 Å². The molecule has 0 saturated carbocycles. The van der Waals surface area contributed by atoms with Crippen LogP contribution in [0.2, 0.25) is 0 Å². The summed E-state index contributed by atoms with van der Waals surface area (Å²) in [7, 11) is 2.62. The van der Waals surface area contributed by atoms with Gasteiger partial charge in [0, 0.05) is 30.4 Å². The number of benzene rings is 1. The maximum Gasteiger partial charge on any atom is 0.330 e. The molecule has 6 heteroatoms. The van der Waals surface area contributed by atoms with E-state index in [0.717, 1.165) is 5.69 Å². The van der Waals surface area contributed by atoms with E-state index in [1.54, 1.807) is 18.2 Å². The van der Waals surface area contributed by atoms with E-state index in [1.807, 2.05) is 17.0 Å². The molecule has 0 aromatic heterocycles. The Labute approximate surface area is 134 Å². The number of anilines is 1. The molecule has 0 fully saturated rings. The summed E-state index contributed by atoms with van der Waals surface area (Å²) in [4.78, 5) is 37.2. The van der Waals surface area contributed by atoms with Crippen molar-refractivity contribution in [1.82, 2.24) is 0 Å². The second-order valence-electron chi connectivity index (χ2n) is 5.19. The molecule has 0 saturated heterocycles. The van der Waals surface area contributed by atoms with Gasteiger partial charge < -0.3 is 14.4 Å². The number of nitrogens with zero attached hydrogens (tertiary/aromatic N) is 1. The minimum atomic E-state index is -0.455. The second-order valence-corrected chi connectivity index (χ2v) is 5.19. The molecule has 23 heavy (non-hydrogen) atoms. The standard InChI is InChI=1S/C17H19NO5/c1-22-15(19)8-5-9-18-11-12(10-16(20)23-2)17(21)13-6-3-4-7-14(13)18/h3-8,12H,9-11H2,1-2H3/b8-5+/t12-/m1/s1. The summed E-state index contributed by atoms with van der Waals surface area (Å²) in [5.74, 6) is -1.35. The summed E-state index contributed by atoms with van der Waals surface area (Å²) in [6.07, 6.45) is 3.06. The lowest BCUT2D eigenvalue weighted by molar-refractivity contribution is -0.141. The Balaban J connectivity index is 2.21. The fraction of sp³-hybridized carbons (Fsp3) is 0.353. The molecule has 1 atom stereocenters. The monoisotopic (exact) mass is 317 g/mol. The van der Waals surface area contributed by atoms with Crippen LogP contribution in [-0.2, 0) is 19.1 Å². The molecule has 1 aromatic carbocycles. The van der Waals surface area contributed by atoms with Gasteiger partial charge in [0.1, 0.15) is 0 Å². The van der Waals surface area contributed by atoms with E-state index in [0.29, 0.717) is 18.7 Å². The van der Waals surface area contributed by atoms with E-state index >= 15 is 0 Å². The van der Waals surface area contributed by atoms with Gasteiger partial charge >= 0.3 is 11.9 Å². The van der Waals surface area contributed by atoms with Crippen LogP contribution in [0, 0.1) is 5.92 Å². The van der Waals surface area contributed by atoms with Crippen LogP contribution in [-0.4, -0.2) is 45.0 Å². The maximum atomic E-state index is 12.5. The van der Waals surface area contributed by atoms with Crippen molar-refractivity contribution in [1.29, 1.82) is 0 Å². The normalized spacial score (nSPS) is 17.0. The first kappa shape index (κ1) is 16.7. The van der Waals surface area contributed by atoms with Crippen LogP contribution >= 0.6 is 0 Å². The molecule has 122 valence electrons. The molecule has 1 aliphatic rings. The number of hydrogen-bond donors (Lipinski definition) is 0. The van der Waals surface area contributed by atoms with Crippen molar-refractivity contribution >= 4 is 23.4 Å². The van der Waals surface area contributed by atoms with E-state index in [-0.39, 0.29) is 12.2 Å². The lowest BCUT2D eigenvalue weighted by Crippen LogP contribution is -2.40. The number of ether oxygens (including phenoxy) is 2. The van der Waals surface area contributed by atoms with E-state index in [4.69, 9.17) is 0 Å². The lowest BCUT2D eigenvalue weighted by atomic mass is 9.88. The Morgan fingerprint density at radius 1 is 1.26 bits per heavy atom. The van der Waals surface area contributed by atoms with Crippen LogP contribution in [0.1, 0.15) is 16.8 Å². The number of carbonyl (C=O) groups is 3. The summed E-state index contributed by atoms with van der Waals surface area (Å²) < 4.78 is 9.22. The largest absolute Gasteiger partial charge is 0.469 e. The second kappa shape index (κ2) is 7.58. The Kier molecular flexibility index (Phi) is 5.51. The van der Waals surface area contributed by atoms with Crippen molar-refractivity contribution in [3.63, 3.8) is 0 Å². The Bertz CT molecular complexity index is 638. The molecule has 6 nitrogen and oxygen atoms in total. The zero-order chi connectivity index (χ0) is 16.8. The van der Waals surface area contributed by atoms with Gasteiger partial charge in [0.2, 0.25) is 0 Å². The molecule has 0 radical (unpaired) electrons. The number of fused-ring (bicyclic) bond motifs is 1. The summed E-state index contributed by atoms with van der Waals surface area (Å²) in [5.41, 5.74) is 1.38. The van der Waals surface area contributed by atoms with Gasteiger partial charge in [-0.15, -0.1) is 0 Å². The zero-order valence-electron chi connectivity index (χ0n) is 13.2. The molecule has 0 amide bonds. The third-order valence-corrected chi connectivity index (χ3v) is 3.74. The highest BCUT2D eigenvalue weighted by Gasteiger charge is 2.32. The van der Waals surface area contributed by atoms with Gasteiger partial charge in [-0.1, -0.05) is 18.2 Å². The number of rotatable bonds is 5. The molecule has 0 bridgehead atoms. The molecular weight excluding hydrogens is 298 g/mol. The van der Waals surface area contributed by atoms with Gasteiger partial charge in [-0.2, -0.15) is 0 Å². The molecule has 0 aliphatic carbocycles. The first-order chi connectivity index (χ1) is 11.1. The maximum absolute atomic E-state index is 12.5. The van der Waals surface area contributed by atoms with Gasteiger partial charge in [-0.05, 0) is 12.1 Å². The van der Waals surface area contributed by atoms with E-state index < -0.39 is 17.9 Å². The fourth-order valence-corrected chi connectivity index (χ4v) is 2.58. The summed E-state index contributed by atoms with van der Waals surface area (Å²) in [6, 6.07) is 7.25. The number of methoxy groups -OCH3 is 2. The smallest absolute Gasteiger partial charge is 0.330 e. The third kappa shape index (κ3) is 3.97. The average Bonchev–Trinajstić information content (AvgIpc) is 2.58. The average molecular weight is 317 g/mol. The van der Waals surface area contributed by atoms with Crippen molar-refractivity contribution in [3.05, 3.63) is 42.0 Å². The molecule has 0 spiro atoms. The number of carbonyl (C=O) groups excluding carboxylic acids is 3. The predicted octanol–water partition coefficient (Wildman–Crippen LogP) is 1.60. The van der Waals surface area contributed by atoms with Gasteiger partial charge in [-0.3, -0.25) is 9.59 Å². The van der Waals surface area contributed by atoms with Crippen LogP contribution in [0.15, 0.2) is 36.4 Å². The Morgan fingerprint density at radius 3 is 2.70 bits per heavy atom. The van der Waals surface area contributed by atoms with Crippen LogP contribution in [0.25, 0.3) is 0 Å². The van der Waals surface area contributed by atoms with Crippen molar-refractivity contribution in [2.75, 3.05) is 32.2 Å². The highest BCUT2D eigenvalue weighted by atomic mass is 16.5. The van der Waals surface area contributed by atoms with E-state index in [9.17, 15) is 14.4 Å². The van der Waals surface area contributed by atoms with E-state index in [1.165, 1.54) is 20.3 Å². The van der Waals surface area contributed by atoms with Crippen molar-refractivity contribution in [2.24, 2.45) is 5.92 Å². The quantitative estimate of drug-likeness (QED) is 0.607. The predicted molar refractivity (Wildman–Crippen MR) is 84.3 cm³/mol. The summed E-state index contributed by atoms with van der Waals surface area (Å²) in [6.45, 7) is 0.841. The van der Waals surface area contributed by atoms with Crippen molar-refractivity contribution in [2.45, 2.75) is 6.42 Å². The topological polar surface area (TPSA) is 72.9 Å². The summed E-state index contributed by atoms with van der Waals surface area (Å²) >= 11 is 0. The highest BCUT2D eigenvalue weighted by Crippen LogP contribution is 2.30. The number of para-hydroxylation sites is 1. The van der Waals surface area contributed by atoms with Crippen molar-refractivity contribution in [3.8, 4) is 0 Å². The van der Waals surface area contributed by atoms with Crippen LogP contribution in [0.4, 0.5) is 5.69 Å². The minimum absolute atomic E-state index is 0.0425. The molecule has 2 rings (SSSR count). The SMILES string of the molecule is COC(=O)/C=C/CN1C[C@@H](CC(=O)OC)C(=O)c2ccccc21. The van der Waals surface area contributed by atoms with Gasteiger partial charge in [0.15, 0.2) is 5.78 Å². The molecule has 1 heterocycles. The molecule has 0 N–H and O–H groups in total. The zero-order valence-corrected chi connectivity index (χ0v) is 13.2. The first-order valence-electron chi connectivity index (χ1n) is 7.26. The first-order valence-corrected chi connectivity index (χ1v) is 7.26. The van der Waals surface area contributed by atoms with Crippen LogP contribution in [0.5, 0.6) is 0 Å².